The highest BCUT2D eigenvalue weighted by Crippen LogP contribution is 2.48. The van der Waals surface area contributed by atoms with E-state index in [1.807, 2.05) is 18.3 Å². The van der Waals surface area contributed by atoms with E-state index >= 15 is 0 Å². The Bertz CT molecular complexity index is 2450. The van der Waals surface area contributed by atoms with Gasteiger partial charge in [-0.05, 0) is 97.6 Å². The summed E-state index contributed by atoms with van der Waals surface area (Å²) < 4.78 is 2.70. The SMILES string of the molecule is C=CC.C=CC=C.c1cc(-c2ccc(-c3cccc4c3sc3ccccc34)cc2)cc(-c2cc3c4c(cccc4c2)-c2ccccc2-3)c1. The van der Waals surface area contributed by atoms with Gasteiger partial charge in [0.1, 0.15) is 0 Å². The topological polar surface area (TPSA) is 0 Å². The molecule has 1 aromatic heterocycles. The molecule has 0 nitrogen and oxygen atoms in total. The smallest absolute Gasteiger partial charge is 0.0433 e. The maximum absolute atomic E-state index is 3.36. The van der Waals surface area contributed by atoms with Crippen molar-refractivity contribution in [2.45, 2.75) is 6.92 Å². The van der Waals surface area contributed by atoms with Crippen molar-refractivity contribution in [3.8, 4) is 55.6 Å². The van der Waals surface area contributed by atoms with Gasteiger partial charge in [0.2, 0.25) is 0 Å². The van der Waals surface area contributed by atoms with E-state index in [4.69, 9.17) is 0 Å². The van der Waals surface area contributed by atoms with Crippen LogP contribution < -0.4 is 0 Å². The third-order valence-corrected chi connectivity index (χ3v) is 10.0. The van der Waals surface area contributed by atoms with Gasteiger partial charge in [-0.3, -0.25) is 0 Å². The minimum Gasteiger partial charge on any atom is -0.135 e. The second-order valence-corrected chi connectivity index (χ2v) is 12.8. The van der Waals surface area contributed by atoms with Crippen molar-refractivity contribution in [2.24, 2.45) is 0 Å². The number of rotatable bonds is 4. The summed E-state index contributed by atoms with van der Waals surface area (Å²) in [7, 11) is 0. The van der Waals surface area contributed by atoms with Gasteiger partial charge in [-0.25, -0.2) is 0 Å². The lowest BCUT2D eigenvalue weighted by Gasteiger charge is -2.11. The number of hydrogen-bond donors (Lipinski definition) is 0. The minimum atomic E-state index is 1.23. The summed E-state index contributed by atoms with van der Waals surface area (Å²) in [5, 5.41) is 5.36. The molecule has 0 spiro atoms. The van der Waals surface area contributed by atoms with E-state index in [1.54, 1.807) is 18.2 Å². The first-order chi connectivity index (χ1) is 23.6. The van der Waals surface area contributed by atoms with Gasteiger partial charge in [0.15, 0.2) is 0 Å². The molecule has 0 fully saturated rings. The summed E-state index contributed by atoms with van der Waals surface area (Å²) >= 11 is 1.89. The van der Waals surface area contributed by atoms with Crippen molar-refractivity contribution < 1.29 is 0 Å². The van der Waals surface area contributed by atoms with E-state index in [0.717, 1.165) is 0 Å². The normalized spacial score (nSPS) is 10.9. The van der Waals surface area contributed by atoms with Gasteiger partial charge < -0.3 is 0 Å². The fourth-order valence-corrected chi connectivity index (χ4v) is 7.92. The van der Waals surface area contributed by atoms with Crippen molar-refractivity contribution in [2.75, 3.05) is 0 Å². The van der Waals surface area contributed by atoms with Crippen molar-refractivity contribution >= 4 is 42.3 Å². The predicted octanol–water partition coefficient (Wildman–Crippen LogP) is 14.4. The summed E-state index contributed by atoms with van der Waals surface area (Å²) in [5.41, 5.74) is 12.9. The zero-order valence-corrected chi connectivity index (χ0v) is 27.9. The quantitative estimate of drug-likeness (QED) is 0.134. The molecule has 0 bridgehead atoms. The molecule has 0 unspecified atom stereocenters. The molecule has 7 aromatic carbocycles. The van der Waals surface area contributed by atoms with Crippen molar-refractivity contribution in [3.63, 3.8) is 0 Å². The Morgan fingerprint density at radius 3 is 1.75 bits per heavy atom. The van der Waals surface area contributed by atoms with Crippen LogP contribution in [-0.4, -0.2) is 0 Å². The van der Waals surface area contributed by atoms with E-state index in [1.165, 1.54) is 86.6 Å². The summed E-state index contributed by atoms with van der Waals surface area (Å²) in [6.07, 6.45) is 5.03. The fourth-order valence-electron chi connectivity index (χ4n) is 6.68. The highest BCUT2D eigenvalue weighted by atomic mass is 32.1. The summed E-state index contributed by atoms with van der Waals surface area (Å²) in [6, 6.07) is 53.7. The zero-order chi connectivity index (χ0) is 33.0. The molecule has 0 amide bonds. The number of fused-ring (bicyclic) bond motifs is 6. The standard InChI is InChI=1S/C40H24S.C4H6.C3H6/c1-2-12-33-32(11-1)35-15-6-10-29-23-30(24-37(33)39(29)35)28-9-5-8-27(22-28)25-18-20-26(21-19-25)31-14-7-16-36-34-13-3-4-17-38(34)41-40(31)36;1-3-4-2;1-3-2/h1-24H;3-4H,1-2H2;3H,1H2,2H3. The molecule has 230 valence electrons. The third kappa shape index (κ3) is 5.59. The molecule has 0 aliphatic heterocycles. The van der Waals surface area contributed by atoms with Crippen molar-refractivity contribution in [3.05, 3.63) is 184 Å². The van der Waals surface area contributed by atoms with Crippen LogP contribution in [0.2, 0.25) is 0 Å². The predicted molar refractivity (Wildman–Crippen MR) is 214 cm³/mol. The first-order valence-corrected chi connectivity index (χ1v) is 17.1. The lowest BCUT2D eigenvalue weighted by molar-refractivity contribution is 1.59. The van der Waals surface area contributed by atoms with Gasteiger partial charge in [-0.1, -0.05) is 153 Å². The van der Waals surface area contributed by atoms with Crippen LogP contribution in [0.25, 0.3) is 86.6 Å². The van der Waals surface area contributed by atoms with Crippen LogP contribution in [-0.2, 0) is 0 Å². The van der Waals surface area contributed by atoms with Crippen LogP contribution in [0.1, 0.15) is 6.92 Å². The van der Waals surface area contributed by atoms with Gasteiger partial charge >= 0.3 is 0 Å². The van der Waals surface area contributed by atoms with Crippen LogP contribution in [0.15, 0.2) is 184 Å². The molecule has 9 rings (SSSR count). The Morgan fingerprint density at radius 2 is 1.00 bits per heavy atom. The highest BCUT2D eigenvalue weighted by Gasteiger charge is 2.21. The Balaban J connectivity index is 0.000000480. The second kappa shape index (κ2) is 13.5. The van der Waals surface area contributed by atoms with E-state index in [0.29, 0.717) is 0 Å². The third-order valence-electron chi connectivity index (χ3n) is 8.78. The van der Waals surface area contributed by atoms with Gasteiger partial charge in [-0.15, -0.1) is 17.9 Å². The largest absolute Gasteiger partial charge is 0.135 e. The van der Waals surface area contributed by atoms with E-state index in [2.05, 4.69) is 165 Å². The molecular formula is C47H36S. The molecule has 8 aromatic rings. The number of benzene rings is 7. The van der Waals surface area contributed by atoms with E-state index < -0.39 is 0 Å². The minimum absolute atomic E-state index is 1.23. The van der Waals surface area contributed by atoms with Crippen molar-refractivity contribution in [1.29, 1.82) is 0 Å². The molecule has 48 heavy (non-hydrogen) atoms. The molecule has 1 aliphatic carbocycles. The fraction of sp³-hybridized carbons (Fsp3) is 0.0213. The zero-order valence-electron chi connectivity index (χ0n) is 27.1. The second-order valence-electron chi connectivity index (χ2n) is 11.8. The first-order valence-electron chi connectivity index (χ1n) is 16.2. The lowest BCUT2D eigenvalue weighted by Crippen LogP contribution is -1.85. The maximum Gasteiger partial charge on any atom is 0.0433 e. The Kier molecular flexibility index (Phi) is 8.71. The van der Waals surface area contributed by atoms with Gasteiger partial charge in [0.05, 0.1) is 0 Å². The number of allylic oxidation sites excluding steroid dienone is 3. The Labute approximate surface area is 287 Å². The first kappa shape index (κ1) is 30.9. The maximum atomic E-state index is 3.36. The molecule has 0 saturated carbocycles. The Morgan fingerprint density at radius 1 is 0.438 bits per heavy atom. The van der Waals surface area contributed by atoms with Crippen LogP contribution in [0.4, 0.5) is 0 Å². The number of thiophene rings is 1. The summed E-state index contributed by atoms with van der Waals surface area (Å²) in [6.45, 7) is 12.0. The molecule has 0 saturated heterocycles. The monoisotopic (exact) mass is 632 g/mol. The number of hydrogen-bond acceptors (Lipinski definition) is 1. The van der Waals surface area contributed by atoms with Crippen LogP contribution in [0.5, 0.6) is 0 Å². The van der Waals surface area contributed by atoms with Crippen molar-refractivity contribution in [1.82, 2.24) is 0 Å². The van der Waals surface area contributed by atoms with E-state index in [-0.39, 0.29) is 0 Å². The van der Waals surface area contributed by atoms with Gasteiger partial charge in [0.25, 0.3) is 0 Å². The molecule has 1 heteroatoms. The molecule has 0 N–H and O–H groups in total. The summed E-state index contributed by atoms with van der Waals surface area (Å²) in [4.78, 5) is 0. The molecule has 0 atom stereocenters. The van der Waals surface area contributed by atoms with Crippen LogP contribution >= 0.6 is 11.3 Å². The van der Waals surface area contributed by atoms with Crippen LogP contribution in [0, 0.1) is 0 Å². The lowest BCUT2D eigenvalue weighted by atomic mass is 9.93. The molecular weight excluding hydrogens is 597 g/mol. The molecule has 1 aliphatic rings. The molecule has 0 radical (unpaired) electrons. The van der Waals surface area contributed by atoms with Gasteiger partial charge in [0, 0.05) is 20.2 Å². The average molecular weight is 633 g/mol. The highest BCUT2D eigenvalue weighted by molar-refractivity contribution is 7.26. The summed E-state index contributed by atoms with van der Waals surface area (Å²) in [5.74, 6) is 0. The van der Waals surface area contributed by atoms with Gasteiger partial charge in [-0.2, -0.15) is 0 Å². The molecule has 1 heterocycles. The Hall–Kier alpha value is -5.76. The van der Waals surface area contributed by atoms with E-state index in [9.17, 15) is 0 Å². The van der Waals surface area contributed by atoms with Crippen LogP contribution in [0.3, 0.4) is 0 Å². The average Bonchev–Trinajstić information content (AvgIpc) is 3.69.